The normalized spacial score (nSPS) is 15.2. The number of nitrogens with zero attached hydrogens (tertiary/aromatic N) is 3. The van der Waals surface area contributed by atoms with E-state index in [4.69, 9.17) is 5.73 Å². The largest absolute Gasteiger partial charge is 0.381 e. The van der Waals surface area contributed by atoms with E-state index in [0.29, 0.717) is 6.07 Å². The smallest absolute Gasteiger partial charge is 0.137 e. The lowest BCUT2D eigenvalue weighted by atomic mass is 9.87. The van der Waals surface area contributed by atoms with Crippen molar-refractivity contribution >= 4 is 12.4 Å². The summed E-state index contributed by atoms with van der Waals surface area (Å²) in [5.41, 5.74) is 3.98. The minimum atomic E-state index is -1.70. The number of nitrogens with two attached hydrogens (primary N) is 1. The van der Waals surface area contributed by atoms with E-state index in [1.54, 1.807) is 6.92 Å². The second-order valence-electron chi connectivity index (χ2n) is 4.43. The molecule has 8 heteroatoms. The van der Waals surface area contributed by atoms with Crippen LogP contribution in [0.5, 0.6) is 0 Å². The van der Waals surface area contributed by atoms with E-state index in [2.05, 4.69) is 10.1 Å². The van der Waals surface area contributed by atoms with Gasteiger partial charge in [-0.05, 0) is 13.0 Å². The summed E-state index contributed by atoms with van der Waals surface area (Å²) in [4.78, 5) is 3.74. The third-order valence-electron chi connectivity index (χ3n) is 3.02. The van der Waals surface area contributed by atoms with Crippen molar-refractivity contribution in [3.63, 3.8) is 0 Å². The zero-order valence-electron chi connectivity index (χ0n) is 10.7. The van der Waals surface area contributed by atoms with Crippen molar-refractivity contribution in [2.45, 2.75) is 25.1 Å². The average molecular weight is 305 g/mol. The van der Waals surface area contributed by atoms with E-state index in [0.717, 1.165) is 6.07 Å². The van der Waals surface area contributed by atoms with Crippen LogP contribution in [0.15, 0.2) is 30.9 Å². The Morgan fingerprint density at radius 1 is 1.45 bits per heavy atom. The summed E-state index contributed by atoms with van der Waals surface area (Å²) >= 11 is 0. The summed E-state index contributed by atoms with van der Waals surface area (Å²) in [6.45, 7) is 1.47. The standard InChI is InChI=1S/C12H14F2N4O.ClH/c1-8(15)12(19,5-18-7-16-6-17-18)10-3-2-9(13)4-11(10)14;/h2-4,6-8,19H,5,15H2,1H3;1H/t8?,12-;/m1./s1. The molecule has 0 radical (unpaired) electrons. The van der Waals surface area contributed by atoms with Crippen LogP contribution in [-0.4, -0.2) is 25.9 Å². The van der Waals surface area contributed by atoms with Crippen molar-refractivity contribution in [1.82, 2.24) is 14.8 Å². The van der Waals surface area contributed by atoms with Crippen molar-refractivity contribution in [3.8, 4) is 0 Å². The van der Waals surface area contributed by atoms with Gasteiger partial charge in [0.25, 0.3) is 0 Å². The molecule has 0 aliphatic heterocycles. The minimum absolute atomic E-state index is 0. The molecule has 1 aromatic carbocycles. The summed E-state index contributed by atoms with van der Waals surface area (Å²) in [5.74, 6) is -1.56. The molecule has 0 aliphatic rings. The van der Waals surface area contributed by atoms with Crippen LogP contribution in [-0.2, 0) is 12.1 Å². The van der Waals surface area contributed by atoms with Crippen LogP contribution in [0.1, 0.15) is 12.5 Å². The number of halogens is 3. The molecule has 1 aromatic heterocycles. The van der Waals surface area contributed by atoms with Crippen molar-refractivity contribution in [3.05, 3.63) is 48.1 Å². The molecule has 2 atom stereocenters. The van der Waals surface area contributed by atoms with E-state index in [9.17, 15) is 13.9 Å². The molecule has 110 valence electrons. The molecule has 1 heterocycles. The molecule has 20 heavy (non-hydrogen) atoms. The van der Waals surface area contributed by atoms with E-state index < -0.39 is 23.3 Å². The van der Waals surface area contributed by atoms with Crippen LogP contribution < -0.4 is 5.73 Å². The van der Waals surface area contributed by atoms with E-state index in [-0.39, 0.29) is 24.5 Å². The SMILES string of the molecule is CC(N)[C@](O)(Cn1cncn1)c1ccc(F)cc1F.Cl. The first-order chi connectivity index (χ1) is 8.93. The van der Waals surface area contributed by atoms with Crippen LogP contribution in [0.25, 0.3) is 0 Å². The predicted molar refractivity (Wildman–Crippen MR) is 71.2 cm³/mol. The van der Waals surface area contributed by atoms with Crippen molar-refractivity contribution < 1.29 is 13.9 Å². The van der Waals surface area contributed by atoms with Gasteiger partial charge in [0.2, 0.25) is 0 Å². The number of benzene rings is 1. The predicted octanol–water partition coefficient (Wildman–Crippen LogP) is 1.21. The monoisotopic (exact) mass is 304 g/mol. The first kappa shape index (κ1) is 16.5. The Bertz CT molecular complexity index is 565. The highest BCUT2D eigenvalue weighted by Crippen LogP contribution is 2.28. The summed E-state index contributed by atoms with van der Waals surface area (Å²) < 4.78 is 28.1. The second-order valence-corrected chi connectivity index (χ2v) is 4.43. The summed E-state index contributed by atoms with van der Waals surface area (Å²) in [6.07, 6.45) is 2.68. The third kappa shape index (κ3) is 3.12. The Balaban J connectivity index is 0.00000200. The Morgan fingerprint density at radius 3 is 2.65 bits per heavy atom. The van der Waals surface area contributed by atoms with Gasteiger partial charge in [-0.2, -0.15) is 5.10 Å². The highest BCUT2D eigenvalue weighted by Gasteiger charge is 2.37. The quantitative estimate of drug-likeness (QED) is 0.890. The van der Waals surface area contributed by atoms with Crippen LogP contribution in [0.2, 0.25) is 0 Å². The fourth-order valence-corrected chi connectivity index (χ4v) is 1.88. The average Bonchev–Trinajstić information content (AvgIpc) is 2.81. The van der Waals surface area contributed by atoms with Gasteiger partial charge >= 0.3 is 0 Å². The Morgan fingerprint density at radius 2 is 2.15 bits per heavy atom. The van der Waals surface area contributed by atoms with E-state index in [1.807, 2.05) is 0 Å². The van der Waals surface area contributed by atoms with Gasteiger partial charge in [0.15, 0.2) is 0 Å². The van der Waals surface area contributed by atoms with Crippen molar-refractivity contribution in [1.29, 1.82) is 0 Å². The summed E-state index contributed by atoms with van der Waals surface area (Å²) in [5, 5.41) is 14.5. The van der Waals surface area contributed by atoms with Gasteiger partial charge in [-0.15, -0.1) is 12.4 Å². The molecule has 0 spiro atoms. The van der Waals surface area contributed by atoms with Crippen LogP contribution in [0.3, 0.4) is 0 Å². The Labute approximate surface area is 120 Å². The molecular weight excluding hydrogens is 290 g/mol. The van der Waals surface area contributed by atoms with Crippen LogP contribution in [0.4, 0.5) is 8.78 Å². The Kier molecular flexibility index (Phi) is 5.15. The zero-order chi connectivity index (χ0) is 14.0. The van der Waals surface area contributed by atoms with Gasteiger partial charge in [-0.3, -0.25) is 0 Å². The maximum atomic E-state index is 13.8. The topological polar surface area (TPSA) is 77.0 Å². The third-order valence-corrected chi connectivity index (χ3v) is 3.02. The molecule has 0 fully saturated rings. The van der Waals surface area contributed by atoms with Gasteiger partial charge in [0.1, 0.15) is 29.9 Å². The first-order valence-corrected chi connectivity index (χ1v) is 5.69. The highest BCUT2D eigenvalue weighted by atomic mass is 35.5. The molecule has 0 bridgehead atoms. The molecular formula is C12H15ClF2N4O. The fourth-order valence-electron chi connectivity index (χ4n) is 1.88. The lowest BCUT2D eigenvalue weighted by Gasteiger charge is -2.32. The molecule has 2 rings (SSSR count). The van der Waals surface area contributed by atoms with Gasteiger partial charge in [0.05, 0.1) is 6.54 Å². The van der Waals surface area contributed by atoms with Gasteiger partial charge in [-0.1, -0.05) is 6.07 Å². The molecule has 0 saturated carbocycles. The van der Waals surface area contributed by atoms with Crippen molar-refractivity contribution in [2.75, 3.05) is 0 Å². The maximum absolute atomic E-state index is 13.8. The minimum Gasteiger partial charge on any atom is -0.381 e. The Hall–Kier alpha value is -1.57. The highest BCUT2D eigenvalue weighted by molar-refractivity contribution is 5.85. The molecule has 1 unspecified atom stereocenters. The number of hydrogen-bond donors (Lipinski definition) is 2. The lowest BCUT2D eigenvalue weighted by Crippen LogP contribution is -2.47. The summed E-state index contributed by atoms with van der Waals surface area (Å²) in [6, 6.07) is 2.19. The van der Waals surface area contributed by atoms with Crippen molar-refractivity contribution in [2.24, 2.45) is 5.73 Å². The molecule has 0 saturated heterocycles. The zero-order valence-corrected chi connectivity index (χ0v) is 11.5. The van der Waals surface area contributed by atoms with Crippen LogP contribution in [0, 0.1) is 11.6 Å². The molecule has 3 N–H and O–H groups in total. The number of hydrogen-bond acceptors (Lipinski definition) is 4. The van der Waals surface area contributed by atoms with Gasteiger partial charge in [-0.25, -0.2) is 18.4 Å². The molecule has 5 nitrogen and oxygen atoms in total. The first-order valence-electron chi connectivity index (χ1n) is 5.69. The van der Waals surface area contributed by atoms with E-state index >= 15 is 0 Å². The van der Waals surface area contributed by atoms with E-state index in [1.165, 1.54) is 23.4 Å². The molecule has 2 aromatic rings. The maximum Gasteiger partial charge on any atom is 0.137 e. The number of rotatable bonds is 4. The second kappa shape index (κ2) is 6.25. The molecule has 0 amide bonds. The van der Waals surface area contributed by atoms with Gasteiger partial charge in [0, 0.05) is 17.7 Å². The van der Waals surface area contributed by atoms with Crippen LogP contribution >= 0.6 is 12.4 Å². The number of aliphatic hydroxyl groups is 1. The molecule has 0 aliphatic carbocycles. The lowest BCUT2D eigenvalue weighted by molar-refractivity contribution is -0.00856. The van der Waals surface area contributed by atoms with Gasteiger partial charge < -0.3 is 10.8 Å². The number of aromatic nitrogens is 3. The summed E-state index contributed by atoms with van der Waals surface area (Å²) in [7, 11) is 0. The fraction of sp³-hybridized carbons (Fsp3) is 0.333.